The van der Waals surface area contributed by atoms with Gasteiger partial charge in [-0.3, -0.25) is 9.59 Å². The first-order chi connectivity index (χ1) is 15.8. The average Bonchev–Trinajstić information content (AvgIpc) is 2.81. The molecule has 0 bridgehead atoms. The van der Waals surface area contributed by atoms with Gasteiger partial charge < -0.3 is 10.2 Å². The Morgan fingerprint density at radius 3 is 2.09 bits per heavy atom. The minimum absolute atomic E-state index is 0.0535. The van der Waals surface area contributed by atoms with Gasteiger partial charge in [0.25, 0.3) is 0 Å². The van der Waals surface area contributed by atoms with E-state index in [1.54, 1.807) is 43.4 Å². The van der Waals surface area contributed by atoms with Crippen LogP contribution in [-0.2, 0) is 29.0 Å². The van der Waals surface area contributed by atoms with Crippen molar-refractivity contribution in [2.45, 2.75) is 25.4 Å². The SMILES string of the molecule is CNC(=O)[C@@H](Cc1ccccc1)N(Cc1ccc(Cl)c(Cl)c1)C(=O)Cc1c(Cl)cccc1Cl. The highest BCUT2D eigenvalue weighted by atomic mass is 35.5. The standard InChI is InChI=1S/C25H22Cl4N2O2/c1-30-25(33)23(13-16-6-3-2-4-7-16)31(15-17-10-11-21(28)22(29)12-17)24(32)14-18-19(26)8-5-9-20(18)27/h2-12,23H,13-15H2,1H3,(H,30,33)/t23-/m1/s1. The average molecular weight is 524 g/mol. The van der Waals surface area contributed by atoms with Gasteiger partial charge in [-0.15, -0.1) is 0 Å². The Labute approximate surface area is 213 Å². The van der Waals surface area contributed by atoms with Crippen LogP contribution in [0.5, 0.6) is 0 Å². The van der Waals surface area contributed by atoms with Crippen molar-refractivity contribution in [3.63, 3.8) is 0 Å². The molecule has 0 spiro atoms. The van der Waals surface area contributed by atoms with Crippen molar-refractivity contribution in [2.24, 2.45) is 0 Å². The third-order valence-corrected chi connectivity index (χ3v) is 6.69. The lowest BCUT2D eigenvalue weighted by molar-refractivity contribution is -0.140. The van der Waals surface area contributed by atoms with E-state index in [0.717, 1.165) is 11.1 Å². The Hall–Kier alpha value is -2.24. The molecule has 3 aromatic rings. The monoisotopic (exact) mass is 522 g/mol. The first-order valence-corrected chi connectivity index (χ1v) is 11.7. The van der Waals surface area contributed by atoms with Gasteiger partial charge in [0, 0.05) is 30.1 Å². The maximum Gasteiger partial charge on any atom is 0.242 e. The number of hydrogen-bond acceptors (Lipinski definition) is 2. The van der Waals surface area contributed by atoms with Crippen molar-refractivity contribution in [3.8, 4) is 0 Å². The summed E-state index contributed by atoms with van der Waals surface area (Å²) in [6.45, 7) is 0.155. The van der Waals surface area contributed by atoms with E-state index in [1.807, 2.05) is 30.3 Å². The summed E-state index contributed by atoms with van der Waals surface area (Å²) < 4.78 is 0. The summed E-state index contributed by atoms with van der Waals surface area (Å²) >= 11 is 24.9. The number of benzene rings is 3. The molecule has 3 rings (SSSR count). The Morgan fingerprint density at radius 1 is 0.818 bits per heavy atom. The van der Waals surface area contributed by atoms with E-state index in [0.29, 0.717) is 32.1 Å². The summed E-state index contributed by atoms with van der Waals surface area (Å²) in [5.41, 5.74) is 2.18. The summed E-state index contributed by atoms with van der Waals surface area (Å²) in [4.78, 5) is 28.1. The highest BCUT2D eigenvalue weighted by molar-refractivity contribution is 6.42. The van der Waals surface area contributed by atoms with E-state index in [4.69, 9.17) is 46.4 Å². The van der Waals surface area contributed by atoms with Crippen LogP contribution < -0.4 is 5.32 Å². The molecule has 0 aliphatic carbocycles. The smallest absolute Gasteiger partial charge is 0.242 e. The number of amides is 2. The molecule has 0 saturated carbocycles. The van der Waals surface area contributed by atoms with E-state index in [9.17, 15) is 9.59 Å². The van der Waals surface area contributed by atoms with Crippen LogP contribution >= 0.6 is 46.4 Å². The Bertz CT molecular complexity index is 1120. The fourth-order valence-corrected chi connectivity index (χ4v) is 4.36. The van der Waals surface area contributed by atoms with Gasteiger partial charge in [-0.25, -0.2) is 0 Å². The second-order valence-electron chi connectivity index (χ2n) is 7.47. The van der Waals surface area contributed by atoms with Gasteiger partial charge in [0.2, 0.25) is 11.8 Å². The van der Waals surface area contributed by atoms with Gasteiger partial charge in [-0.05, 0) is 41.0 Å². The molecule has 0 fully saturated rings. The fourth-order valence-electron chi connectivity index (χ4n) is 3.51. The molecule has 0 heterocycles. The summed E-state index contributed by atoms with van der Waals surface area (Å²) in [5.74, 6) is -0.571. The van der Waals surface area contributed by atoms with E-state index in [2.05, 4.69) is 5.32 Å². The molecule has 3 aromatic carbocycles. The molecule has 1 atom stereocenters. The maximum atomic E-state index is 13.6. The Balaban J connectivity index is 2.00. The van der Waals surface area contributed by atoms with Crippen LogP contribution in [0.1, 0.15) is 16.7 Å². The minimum Gasteiger partial charge on any atom is -0.357 e. The van der Waals surface area contributed by atoms with Gasteiger partial charge in [-0.1, -0.05) is 88.9 Å². The Kier molecular flexibility index (Phi) is 9.04. The second-order valence-corrected chi connectivity index (χ2v) is 9.10. The molecule has 0 aliphatic heterocycles. The van der Waals surface area contributed by atoms with Crippen molar-refractivity contribution < 1.29 is 9.59 Å². The van der Waals surface area contributed by atoms with Crippen LogP contribution in [0.15, 0.2) is 66.7 Å². The van der Waals surface area contributed by atoms with Crippen LogP contribution in [0.2, 0.25) is 20.1 Å². The van der Waals surface area contributed by atoms with Gasteiger partial charge in [0.1, 0.15) is 6.04 Å². The third-order valence-electron chi connectivity index (χ3n) is 5.24. The lowest BCUT2D eigenvalue weighted by Crippen LogP contribution is -2.50. The molecule has 4 nitrogen and oxygen atoms in total. The van der Waals surface area contributed by atoms with E-state index >= 15 is 0 Å². The number of nitrogens with one attached hydrogen (secondary N) is 1. The summed E-state index contributed by atoms with van der Waals surface area (Å²) in [6, 6.07) is 19.0. The van der Waals surface area contributed by atoms with E-state index < -0.39 is 6.04 Å². The first-order valence-electron chi connectivity index (χ1n) is 10.2. The number of halogens is 4. The Morgan fingerprint density at radius 2 is 1.48 bits per heavy atom. The van der Waals surface area contributed by atoms with E-state index in [-0.39, 0.29) is 24.8 Å². The zero-order valence-electron chi connectivity index (χ0n) is 17.8. The van der Waals surface area contributed by atoms with E-state index in [1.165, 1.54) is 4.90 Å². The molecule has 33 heavy (non-hydrogen) atoms. The molecule has 0 unspecified atom stereocenters. The van der Waals surface area contributed by atoms with Crippen molar-refractivity contribution in [1.29, 1.82) is 0 Å². The van der Waals surface area contributed by atoms with Crippen LogP contribution in [0.3, 0.4) is 0 Å². The number of carbonyl (C=O) groups excluding carboxylic acids is 2. The molecule has 172 valence electrons. The lowest BCUT2D eigenvalue weighted by atomic mass is 10.0. The maximum absolute atomic E-state index is 13.6. The number of likely N-dealkylation sites (N-methyl/N-ethyl adjacent to an activating group) is 1. The molecule has 0 aliphatic rings. The highest BCUT2D eigenvalue weighted by Crippen LogP contribution is 2.27. The van der Waals surface area contributed by atoms with Gasteiger partial charge in [0.05, 0.1) is 16.5 Å². The normalized spacial score (nSPS) is 11.7. The quantitative estimate of drug-likeness (QED) is 0.380. The van der Waals surface area contributed by atoms with Crippen molar-refractivity contribution in [3.05, 3.63) is 104 Å². The number of nitrogens with zero attached hydrogens (tertiary/aromatic N) is 1. The molecule has 0 aromatic heterocycles. The highest BCUT2D eigenvalue weighted by Gasteiger charge is 2.30. The first kappa shape index (κ1) is 25.4. The van der Waals surface area contributed by atoms with Crippen LogP contribution in [-0.4, -0.2) is 29.8 Å². The fraction of sp³-hybridized carbons (Fsp3) is 0.200. The van der Waals surface area contributed by atoms with Crippen molar-refractivity contribution in [2.75, 3.05) is 7.05 Å². The summed E-state index contributed by atoms with van der Waals surface area (Å²) in [6.07, 6.45) is 0.284. The van der Waals surface area contributed by atoms with Crippen molar-refractivity contribution in [1.82, 2.24) is 10.2 Å². The zero-order valence-corrected chi connectivity index (χ0v) is 20.8. The number of carbonyl (C=O) groups is 2. The molecule has 0 radical (unpaired) electrons. The zero-order chi connectivity index (χ0) is 24.0. The predicted molar refractivity (Wildman–Crippen MR) is 135 cm³/mol. The topological polar surface area (TPSA) is 49.4 Å². The minimum atomic E-state index is -0.763. The van der Waals surface area contributed by atoms with Crippen LogP contribution in [0.25, 0.3) is 0 Å². The van der Waals surface area contributed by atoms with Gasteiger partial charge in [-0.2, -0.15) is 0 Å². The third kappa shape index (κ3) is 6.64. The predicted octanol–water partition coefficient (Wildman–Crippen LogP) is 6.23. The molecule has 8 heteroatoms. The summed E-state index contributed by atoms with van der Waals surface area (Å²) in [7, 11) is 1.55. The molecular weight excluding hydrogens is 502 g/mol. The van der Waals surface area contributed by atoms with Crippen LogP contribution in [0.4, 0.5) is 0 Å². The molecule has 0 saturated heterocycles. The van der Waals surface area contributed by atoms with Crippen molar-refractivity contribution >= 4 is 58.2 Å². The largest absolute Gasteiger partial charge is 0.357 e. The molecule has 2 amide bonds. The van der Waals surface area contributed by atoms with Crippen LogP contribution in [0, 0.1) is 0 Å². The number of rotatable bonds is 8. The molecule has 1 N–H and O–H groups in total. The second kappa shape index (κ2) is 11.8. The molecular formula is C25H22Cl4N2O2. The summed E-state index contributed by atoms with van der Waals surface area (Å²) in [5, 5.41) is 4.25. The van der Waals surface area contributed by atoms with Gasteiger partial charge >= 0.3 is 0 Å². The van der Waals surface area contributed by atoms with Gasteiger partial charge in [0.15, 0.2) is 0 Å². The lowest BCUT2D eigenvalue weighted by Gasteiger charge is -2.31. The number of hydrogen-bond donors (Lipinski definition) is 1.